The maximum atomic E-state index is 13.3. The molecular weight excluding hydrogens is 480 g/mol. The van der Waals surface area contributed by atoms with Crippen molar-refractivity contribution in [3.05, 3.63) is 113 Å². The Morgan fingerprint density at radius 2 is 1.45 bits per heavy atom. The second-order valence-corrected chi connectivity index (χ2v) is 9.98. The quantitative estimate of drug-likeness (QED) is 0.216. The van der Waals surface area contributed by atoms with Gasteiger partial charge in [0.15, 0.2) is 11.6 Å². The molecule has 0 radical (unpaired) electrons. The van der Waals surface area contributed by atoms with Crippen LogP contribution in [0.2, 0.25) is 0 Å². The van der Waals surface area contributed by atoms with Crippen LogP contribution < -0.4 is 4.74 Å². The van der Waals surface area contributed by atoms with E-state index >= 15 is 0 Å². The number of hydrogen-bond donors (Lipinski definition) is 0. The minimum absolute atomic E-state index is 0.0347. The van der Waals surface area contributed by atoms with Gasteiger partial charge in [-0.3, -0.25) is 9.59 Å². The molecule has 0 unspecified atom stereocenters. The smallest absolute Gasteiger partial charge is 0.343 e. The molecule has 2 aliphatic rings. The van der Waals surface area contributed by atoms with E-state index in [2.05, 4.69) is 0 Å². The van der Waals surface area contributed by atoms with E-state index in [4.69, 9.17) is 9.47 Å². The van der Waals surface area contributed by atoms with Crippen LogP contribution in [0.3, 0.4) is 0 Å². The average molecular weight is 509 g/mol. The van der Waals surface area contributed by atoms with Crippen molar-refractivity contribution in [2.75, 3.05) is 0 Å². The summed E-state index contributed by atoms with van der Waals surface area (Å²) in [6.45, 7) is 2.03. The van der Waals surface area contributed by atoms with Crippen molar-refractivity contribution in [1.29, 1.82) is 0 Å². The monoisotopic (exact) mass is 508 g/mol. The minimum Gasteiger partial charge on any atom is -0.458 e. The summed E-state index contributed by atoms with van der Waals surface area (Å²) in [5.74, 6) is -0.897. The normalized spacial score (nSPS) is 20.6. The number of benzene rings is 3. The van der Waals surface area contributed by atoms with Crippen molar-refractivity contribution in [3.63, 3.8) is 0 Å². The molecule has 5 rings (SSSR count). The molecule has 3 aromatic rings. The molecule has 0 heterocycles. The first kappa shape index (κ1) is 25.3. The predicted octanol–water partition coefficient (Wildman–Crippen LogP) is 6.16. The van der Waals surface area contributed by atoms with Gasteiger partial charge >= 0.3 is 11.9 Å². The van der Waals surface area contributed by atoms with E-state index < -0.39 is 11.4 Å². The molecule has 0 amide bonds. The molecule has 2 atom stereocenters. The highest BCUT2D eigenvalue weighted by atomic mass is 16.5. The van der Waals surface area contributed by atoms with E-state index in [1.165, 1.54) is 6.07 Å². The van der Waals surface area contributed by atoms with Gasteiger partial charge in [-0.2, -0.15) is 0 Å². The number of fused-ring (bicyclic) bond motifs is 1. The van der Waals surface area contributed by atoms with Crippen molar-refractivity contribution < 1.29 is 28.7 Å². The fraction of sp³-hybridized carbons (Fsp3) is 0.250. The van der Waals surface area contributed by atoms with Gasteiger partial charge in [0.25, 0.3) is 0 Å². The summed E-state index contributed by atoms with van der Waals surface area (Å²) in [5.41, 5.74) is 2.21. The van der Waals surface area contributed by atoms with Gasteiger partial charge in [-0.25, -0.2) is 9.59 Å². The van der Waals surface area contributed by atoms with Gasteiger partial charge < -0.3 is 9.47 Å². The lowest BCUT2D eigenvalue weighted by Gasteiger charge is -2.36. The number of allylic oxidation sites excluding steroid dienone is 1. The summed E-state index contributed by atoms with van der Waals surface area (Å²) in [7, 11) is 0. The van der Waals surface area contributed by atoms with Gasteiger partial charge in [0.05, 0.1) is 11.1 Å². The van der Waals surface area contributed by atoms with Crippen molar-refractivity contribution in [1.82, 2.24) is 0 Å². The molecular formula is C32H28O6. The lowest BCUT2D eigenvalue weighted by molar-refractivity contribution is -0.117. The molecule has 192 valence electrons. The fourth-order valence-corrected chi connectivity index (χ4v) is 5.48. The maximum absolute atomic E-state index is 13.3. The third-order valence-electron chi connectivity index (χ3n) is 7.60. The predicted molar refractivity (Wildman–Crippen MR) is 141 cm³/mol. The largest absolute Gasteiger partial charge is 0.458 e. The maximum Gasteiger partial charge on any atom is 0.343 e. The molecule has 3 aromatic carbocycles. The van der Waals surface area contributed by atoms with Crippen molar-refractivity contribution in [2.45, 2.75) is 45.1 Å². The van der Waals surface area contributed by atoms with E-state index in [1.807, 2.05) is 19.1 Å². The lowest BCUT2D eigenvalue weighted by Crippen LogP contribution is -2.37. The van der Waals surface area contributed by atoms with E-state index in [0.717, 1.165) is 5.57 Å². The summed E-state index contributed by atoms with van der Waals surface area (Å²) in [4.78, 5) is 51.4. The minimum atomic E-state index is -0.514. The zero-order chi connectivity index (χ0) is 26.7. The molecule has 0 saturated heterocycles. The molecule has 0 N–H and O–H groups in total. The summed E-state index contributed by atoms with van der Waals surface area (Å²) in [6.07, 6.45) is 1.70. The van der Waals surface area contributed by atoms with Gasteiger partial charge in [0.2, 0.25) is 0 Å². The average Bonchev–Trinajstić information content (AvgIpc) is 3.27. The Balaban J connectivity index is 1.33. The van der Waals surface area contributed by atoms with E-state index in [9.17, 15) is 19.2 Å². The molecule has 38 heavy (non-hydrogen) atoms. The van der Waals surface area contributed by atoms with Gasteiger partial charge in [-0.15, -0.1) is 0 Å². The zero-order valence-electron chi connectivity index (χ0n) is 21.1. The summed E-state index contributed by atoms with van der Waals surface area (Å²) in [6, 6.07) is 23.9. The van der Waals surface area contributed by atoms with Crippen molar-refractivity contribution in [2.24, 2.45) is 5.41 Å². The number of ether oxygens (including phenoxy) is 2. The molecule has 0 aromatic heterocycles. The molecule has 1 fully saturated rings. The standard InChI is InChI=1S/C32H28O6/c1-32-18-17-27(33)25(26(32)15-16-29(32)38-31(36)22-11-6-3-7-12-22)20-28(34)23-13-8-14-24(19-23)37-30(35)21-9-4-2-5-10-21/h2-14,19,29H,15-18,20H2,1H3/t29-,32-/m0/s1. The molecule has 0 aliphatic heterocycles. The summed E-state index contributed by atoms with van der Waals surface area (Å²) < 4.78 is 11.4. The first-order valence-corrected chi connectivity index (χ1v) is 12.8. The highest BCUT2D eigenvalue weighted by Gasteiger charge is 2.49. The second-order valence-electron chi connectivity index (χ2n) is 9.98. The molecule has 6 heteroatoms. The number of ketones is 2. The highest BCUT2D eigenvalue weighted by Crippen LogP contribution is 2.52. The number of hydrogen-bond acceptors (Lipinski definition) is 6. The van der Waals surface area contributed by atoms with Crippen LogP contribution in [0.1, 0.15) is 70.1 Å². The Hall–Kier alpha value is -4.32. The topological polar surface area (TPSA) is 86.7 Å². The molecule has 0 bridgehead atoms. The lowest BCUT2D eigenvalue weighted by atomic mass is 9.70. The van der Waals surface area contributed by atoms with Crippen LogP contribution >= 0.6 is 0 Å². The van der Waals surface area contributed by atoms with Crippen LogP contribution in [0.25, 0.3) is 0 Å². The van der Waals surface area contributed by atoms with Gasteiger partial charge in [0.1, 0.15) is 11.9 Å². The Labute approximate surface area is 221 Å². The van der Waals surface area contributed by atoms with Gasteiger partial charge in [-0.05, 0) is 55.7 Å². The Morgan fingerprint density at radius 3 is 2.13 bits per heavy atom. The SMILES string of the molecule is C[C@]12CCC(=O)C(CC(=O)c3cccc(OC(=O)c4ccccc4)c3)=C1CC[C@@H]2OC(=O)c1ccccc1. The first-order chi connectivity index (χ1) is 18.3. The van der Waals surface area contributed by atoms with Crippen molar-refractivity contribution in [3.8, 4) is 5.75 Å². The van der Waals surface area contributed by atoms with Crippen LogP contribution in [0.5, 0.6) is 5.75 Å². The van der Waals surface area contributed by atoms with Gasteiger partial charge in [-0.1, -0.05) is 61.0 Å². The Kier molecular flexibility index (Phi) is 7.05. The Morgan fingerprint density at radius 1 is 0.816 bits per heavy atom. The molecule has 1 saturated carbocycles. The third kappa shape index (κ3) is 5.07. The second kappa shape index (κ2) is 10.6. The first-order valence-electron chi connectivity index (χ1n) is 12.8. The molecule has 6 nitrogen and oxygen atoms in total. The zero-order valence-corrected chi connectivity index (χ0v) is 21.1. The number of esters is 2. The van der Waals surface area contributed by atoms with Crippen molar-refractivity contribution >= 4 is 23.5 Å². The molecule has 2 aliphatic carbocycles. The van der Waals surface area contributed by atoms with E-state index in [0.29, 0.717) is 47.9 Å². The fourth-order valence-electron chi connectivity index (χ4n) is 5.48. The van der Waals surface area contributed by atoms with Crippen LogP contribution in [-0.4, -0.2) is 29.6 Å². The highest BCUT2D eigenvalue weighted by molar-refractivity contribution is 6.07. The Bertz CT molecular complexity index is 1420. The van der Waals surface area contributed by atoms with E-state index in [1.54, 1.807) is 66.7 Å². The number of Topliss-reactive ketones (excluding diaryl/α,β-unsaturated/α-hetero) is 2. The number of carbonyl (C=O) groups is 4. The molecule has 0 spiro atoms. The van der Waals surface area contributed by atoms with Crippen LogP contribution in [0.4, 0.5) is 0 Å². The van der Waals surface area contributed by atoms with Crippen LogP contribution in [0, 0.1) is 5.41 Å². The third-order valence-corrected chi connectivity index (χ3v) is 7.60. The summed E-state index contributed by atoms with van der Waals surface area (Å²) in [5, 5.41) is 0. The van der Waals surface area contributed by atoms with Crippen LogP contribution in [0.15, 0.2) is 96.1 Å². The number of carbonyl (C=O) groups excluding carboxylic acids is 4. The number of rotatable bonds is 7. The van der Waals surface area contributed by atoms with E-state index in [-0.39, 0.29) is 35.8 Å². The van der Waals surface area contributed by atoms with Gasteiger partial charge in [0, 0.05) is 29.4 Å². The summed E-state index contributed by atoms with van der Waals surface area (Å²) >= 11 is 0. The van der Waals surface area contributed by atoms with Crippen LogP contribution in [-0.2, 0) is 9.53 Å².